The van der Waals surface area contributed by atoms with E-state index in [1.54, 1.807) is 12.4 Å². The van der Waals surface area contributed by atoms with Crippen LogP contribution in [0.2, 0.25) is 0 Å². The second kappa shape index (κ2) is 10.9. The molecule has 2 saturated carbocycles. The van der Waals surface area contributed by atoms with Gasteiger partial charge in [0.1, 0.15) is 11.9 Å². The van der Waals surface area contributed by atoms with Crippen molar-refractivity contribution in [1.29, 1.82) is 0 Å². The number of hydrogen-bond donors (Lipinski definition) is 3. The number of aryl methyl sites for hydroxylation is 2. The molecule has 0 bridgehead atoms. The Balaban J connectivity index is 1.00. The highest BCUT2D eigenvalue weighted by Gasteiger charge is 2.50. The Labute approximate surface area is 212 Å². The number of aliphatic carboxylic acids is 1. The number of nitrogens with zero attached hydrogens (tertiary/aromatic N) is 2. The number of rotatable bonds is 12. The number of pyridine rings is 2. The van der Waals surface area contributed by atoms with E-state index in [1.807, 2.05) is 12.1 Å². The molecule has 0 saturated heterocycles. The van der Waals surface area contributed by atoms with Gasteiger partial charge in [-0.15, -0.1) is 0 Å². The molecule has 192 valence electrons. The molecular weight excluding hydrogens is 456 g/mol. The first kappa shape index (κ1) is 24.7. The number of hydrogen-bond acceptors (Lipinski definition) is 6. The van der Waals surface area contributed by atoms with Gasteiger partial charge < -0.3 is 20.5 Å². The van der Waals surface area contributed by atoms with Crippen molar-refractivity contribution in [1.82, 2.24) is 15.3 Å². The summed E-state index contributed by atoms with van der Waals surface area (Å²) in [6.45, 7) is 1.34. The quantitative estimate of drug-likeness (QED) is 0.415. The van der Waals surface area contributed by atoms with E-state index in [4.69, 9.17) is 9.72 Å². The van der Waals surface area contributed by atoms with Crippen LogP contribution in [0.5, 0.6) is 0 Å². The first-order chi connectivity index (χ1) is 17.5. The summed E-state index contributed by atoms with van der Waals surface area (Å²) in [6.07, 6.45) is 12.4. The van der Waals surface area contributed by atoms with Crippen LogP contribution in [0.3, 0.4) is 0 Å². The largest absolute Gasteiger partial charge is 0.480 e. The molecule has 8 heteroatoms. The zero-order chi connectivity index (χ0) is 25.0. The van der Waals surface area contributed by atoms with Crippen molar-refractivity contribution in [3.63, 3.8) is 0 Å². The number of anilines is 1. The molecule has 0 aromatic carbocycles. The van der Waals surface area contributed by atoms with Crippen LogP contribution in [0.25, 0.3) is 0 Å². The van der Waals surface area contributed by atoms with Gasteiger partial charge in [-0.1, -0.05) is 12.1 Å². The lowest BCUT2D eigenvalue weighted by atomic mass is 9.79. The fourth-order valence-corrected chi connectivity index (χ4v) is 5.36. The summed E-state index contributed by atoms with van der Waals surface area (Å²) in [5.74, 6) is 0.493. The molecule has 1 atom stereocenters. The van der Waals surface area contributed by atoms with Gasteiger partial charge in [-0.2, -0.15) is 0 Å². The minimum atomic E-state index is -1.01. The molecule has 8 nitrogen and oxygen atoms in total. The summed E-state index contributed by atoms with van der Waals surface area (Å²) < 4.78 is 5.95. The van der Waals surface area contributed by atoms with Crippen LogP contribution in [0, 0.1) is 11.3 Å². The van der Waals surface area contributed by atoms with E-state index < -0.39 is 17.4 Å². The summed E-state index contributed by atoms with van der Waals surface area (Å²) in [5.41, 5.74) is 2.96. The fraction of sp³-hybridized carbons (Fsp3) is 0.571. The lowest BCUT2D eigenvalue weighted by Gasteiger charge is -2.35. The molecule has 36 heavy (non-hydrogen) atoms. The number of carbonyl (C=O) groups is 2. The van der Waals surface area contributed by atoms with Gasteiger partial charge in [-0.25, -0.2) is 9.78 Å². The standard InChI is InChI=1S/C28H36N4O4/c33-26(34)24(32-27(35)28(10-11-28)17-20-3-1-12-29-18-20)9-14-36-23-15-19(16-23)5-7-22-8-6-21-4-2-13-30-25(21)31-22/h1,3,6,8,12,18-19,23-24H,2,4-5,7,9-11,13-17H2,(H,30,31)(H,32,35)(H,33,34)/t19-,23-,24-/m0/s1. The van der Waals surface area contributed by atoms with Crippen molar-refractivity contribution < 1.29 is 19.4 Å². The molecule has 1 amide bonds. The predicted octanol–water partition coefficient (Wildman–Crippen LogP) is 3.54. The van der Waals surface area contributed by atoms with E-state index in [2.05, 4.69) is 27.8 Å². The van der Waals surface area contributed by atoms with Crippen LogP contribution in [-0.2, 0) is 33.6 Å². The van der Waals surface area contributed by atoms with Crippen LogP contribution in [0.1, 0.15) is 61.8 Å². The molecule has 3 N–H and O–H groups in total. The average Bonchev–Trinajstić information content (AvgIpc) is 3.65. The van der Waals surface area contributed by atoms with E-state index in [0.29, 0.717) is 18.9 Å². The van der Waals surface area contributed by atoms with Crippen LogP contribution in [0.15, 0.2) is 36.7 Å². The Morgan fingerprint density at radius 2 is 2.11 bits per heavy atom. The predicted molar refractivity (Wildman–Crippen MR) is 136 cm³/mol. The van der Waals surface area contributed by atoms with E-state index >= 15 is 0 Å². The van der Waals surface area contributed by atoms with Gasteiger partial charge in [0.25, 0.3) is 0 Å². The highest BCUT2D eigenvalue weighted by Crippen LogP contribution is 2.48. The SMILES string of the molecule is O=C(O)[C@H](CCO[C@H]1C[C@H](CCc2ccc3c(n2)NCCC3)C1)NC(=O)C1(Cc2cccnc2)CC1. The Morgan fingerprint density at radius 1 is 1.25 bits per heavy atom. The molecule has 2 aromatic rings. The molecule has 2 aliphatic carbocycles. The average molecular weight is 493 g/mol. The number of nitrogens with one attached hydrogen (secondary N) is 2. The van der Waals surface area contributed by atoms with Gasteiger partial charge in [-0.3, -0.25) is 9.78 Å². The normalized spacial score (nSPS) is 22.4. The zero-order valence-corrected chi connectivity index (χ0v) is 20.7. The van der Waals surface area contributed by atoms with Crippen LogP contribution in [0.4, 0.5) is 5.82 Å². The third-order valence-corrected chi connectivity index (χ3v) is 7.92. The number of carboxylic acid groups (broad SMARTS) is 1. The summed E-state index contributed by atoms with van der Waals surface area (Å²) in [6, 6.07) is 7.24. The molecule has 0 unspecified atom stereocenters. The number of amides is 1. The minimum absolute atomic E-state index is 0.173. The van der Waals surface area contributed by atoms with Crippen LogP contribution >= 0.6 is 0 Å². The maximum Gasteiger partial charge on any atom is 0.326 e. The van der Waals surface area contributed by atoms with Gasteiger partial charge in [-0.05, 0) is 87.0 Å². The van der Waals surface area contributed by atoms with Gasteiger partial charge in [0.15, 0.2) is 0 Å². The topological polar surface area (TPSA) is 113 Å². The van der Waals surface area contributed by atoms with Crippen LogP contribution in [-0.4, -0.2) is 52.2 Å². The summed E-state index contributed by atoms with van der Waals surface area (Å²) >= 11 is 0. The lowest BCUT2D eigenvalue weighted by molar-refractivity contribution is -0.143. The lowest BCUT2D eigenvalue weighted by Crippen LogP contribution is -2.45. The molecule has 2 aromatic heterocycles. The van der Waals surface area contributed by atoms with Gasteiger partial charge >= 0.3 is 5.97 Å². The number of ether oxygens (including phenoxy) is 1. The Bertz CT molecular complexity index is 1070. The van der Waals surface area contributed by atoms with Crippen molar-refractivity contribution in [3.05, 3.63) is 53.5 Å². The van der Waals surface area contributed by atoms with Crippen molar-refractivity contribution in [2.24, 2.45) is 11.3 Å². The second-order valence-corrected chi connectivity index (χ2v) is 10.7. The maximum atomic E-state index is 12.9. The number of aromatic nitrogens is 2. The molecule has 2 fully saturated rings. The molecular formula is C28H36N4O4. The number of carbonyl (C=O) groups excluding carboxylic acids is 1. The second-order valence-electron chi connectivity index (χ2n) is 10.7. The minimum Gasteiger partial charge on any atom is -0.480 e. The van der Waals surface area contributed by atoms with E-state index in [1.165, 1.54) is 12.0 Å². The zero-order valence-electron chi connectivity index (χ0n) is 20.7. The fourth-order valence-electron chi connectivity index (χ4n) is 5.36. The smallest absolute Gasteiger partial charge is 0.326 e. The van der Waals surface area contributed by atoms with Gasteiger partial charge in [0.2, 0.25) is 5.91 Å². The monoisotopic (exact) mass is 492 g/mol. The Hall–Kier alpha value is -3.00. The van der Waals surface area contributed by atoms with Crippen molar-refractivity contribution in [2.75, 3.05) is 18.5 Å². The first-order valence-corrected chi connectivity index (χ1v) is 13.3. The third-order valence-electron chi connectivity index (χ3n) is 7.92. The van der Waals surface area contributed by atoms with E-state index in [-0.39, 0.29) is 18.4 Å². The van der Waals surface area contributed by atoms with Gasteiger partial charge in [0.05, 0.1) is 11.5 Å². The summed E-state index contributed by atoms with van der Waals surface area (Å²) in [5, 5.41) is 15.8. The maximum absolute atomic E-state index is 12.9. The molecule has 0 spiro atoms. The molecule has 5 rings (SSSR count). The van der Waals surface area contributed by atoms with E-state index in [0.717, 1.165) is 68.6 Å². The van der Waals surface area contributed by atoms with Crippen LogP contribution < -0.4 is 10.6 Å². The number of carboxylic acids is 1. The Kier molecular flexibility index (Phi) is 7.51. The first-order valence-electron chi connectivity index (χ1n) is 13.3. The third kappa shape index (κ3) is 6.03. The number of fused-ring (bicyclic) bond motifs is 1. The highest BCUT2D eigenvalue weighted by molar-refractivity contribution is 5.89. The molecule has 3 heterocycles. The van der Waals surface area contributed by atoms with Crippen molar-refractivity contribution in [3.8, 4) is 0 Å². The molecule has 3 aliphatic rings. The molecule has 1 aliphatic heterocycles. The van der Waals surface area contributed by atoms with Crippen molar-refractivity contribution in [2.45, 2.75) is 76.4 Å². The molecule has 0 radical (unpaired) electrons. The summed E-state index contributed by atoms with van der Waals surface area (Å²) in [4.78, 5) is 33.5. The summed E-state index contributed by atoms with van der Waals surface area (Å²) in [7, 11) is 0. The Morgan fingerprint density at radius 3 is 2.86 bits per heavy atom. The van der Waals surface area contributed by atoms with Crippen molar-refractivity contribution >= 4 is 17.7 Å². The van der Waals surface area contributed by atoms with E-state index in [9.17, 15) is 14.7 Å². The highest BCUT2D eigenvalue weighted by atomic mass is 16.5. The van der Waals surface area contributed by atoms with Gasteiger partial charge in [0, 0.05) is 37.7 Å².